The molecule has 0 N–H and O–H groups in total. The first kappa shape index (κ1) is 11.8. The molecule has 6 nitrogen and oxygen atoms in total. The average Bonchev–Trinajstić information content (AvgIpc) is 2.47. The highest BCUT2D eigenvalue weighted by atomic mass is 32.2. The van der Waals surface area contributed by atoms with Crippen LogP contribution in [0.5, 0.6) is 0 Å². The predicted octanol–water partition coefficient (Wildman–Crippen LogP) is 0.317. The molecule has 0 saturated carbocycles. The second kappa shape index (κ2) is 3.68. The molecule has 0 bridgehead atoms. The van der Waals surface area contributed by atoms with Gasteiger partial charge in [0.05, 0.1) is 6.54 Å². The third kappa shape index (κ3) is 3.08. The monoisotopic (exact) mass is 246 g/mol. The molecule has 0 unspecified atom stereocenters. The number of ether oxygens (including phenoxy) is 1. The van der Waals surface area contributed by atoms with Gasteiger partial charge >= 0.3 is 22.5 Å². The summed E-state index contributed by atoms with van der Waals surface area (Å²) in [4.78, 5) is 10.7. The van der Waals surface area contributed by atoms with Gasteiger partial charge in [0.2, 0.25) is 0 Å². The van der Waals surface area contributed by atoms with Crippen LogP contribution in [0.4, 0.5) is 18.0 Å². The fraction of sp³-hybridized carbons (Fsp3) is 0.600. The summed E-state index contributed by atoms with van der Waals surface area (Å²) in [7, 11) is -4.63. The number of carbonyl (C=O) groups is 1. The molecule has 0 aliphatic carbocycles. The SMILES string of the molecule is O=C1OCCN1S(=O)(=O)N=CC(F)(F)F. The summed E-state index contributed by atoms with van der Waals surface area (Å²) >= 11 is 0. The van der Waals surface area contributed by atoms with E-state index in [-0.39, 0.29) is 17.5 Å². The molecule has 1 heterocycles. The van der Waals surface area contributed by atoms with Crippen LogP contribution < -0.4 is 0 Å². The lowest BCUT2D eigenvalue weighted by Gasteiger charge is -2.08. The summed E-state index contributed by atoms with van der Waals surface area (Å²) < 4.78 is 63.6. The molecule has 0 radical (unpaired) electrons. The zero-order valence-corrected chi connectivity index (χ0v) is 7.88. The summed E-state index contributed by atoms with van der Waals surface area (Å²) in [5, 5.41) is 0. The molecule has 0 aromatic rings. The summed E-state index contributed by atoms with van der Waals surface area (Å²) in [6.07, 6.45) is -6.78. The fourth-order valence-corrected chi connectivity index (χ4v) is 1.68. The van der Waals surface area contributed by atoms with E-state index in [1.165, 1.54) is 0 Å². The lowest BCUT2D eigenvalue weighted by Crippen LogP contribution is -2.30. The first-order valence-electron chi connectivity index (χ1n) is 3.55. The predicted molar refractivity (Wildman–Crippen MR) is 41.5 cm³/mol. The Morgan fingerprint density at radius 1 is 1.47 bits per heavy atom. The molecule has 0 aromatic heterocycles. The number of nitrogens with zero attached hydrogens (tertiary/aromatic N) is 2. The van der Waals surface area contributed by atoms with Gasteiger partial charge in [-0.05, 0) is 0 Å². The fourth-order valence-electron chi connectivity index (χ4n) is 0.772. The minimum atomic E-state index is -4.85. The maximum atomic E-state index is 11.6. The van der Waals surface area contributed by atoms with Crippen LogP contribution >= 0.6 is 0 Å². The van der Waals surface area contributed by atoms with E-state index in [2.05, 4.69) is 9.13 Å². The Kier molecular flexibility index (Phi) is 2.88. The average molecular weight is 246 g/mol. The third-order valence-electron chi connectivity index (χ3n) is 1.33. The Hall–Kier alpha value is -1.32. The van der Waals surface area contributed by atoms with E-state index < -0.39 is 28.7 Å². The van der Waals surface area contributed by atoms with Crippen molar-refractivity contribution in [1.29, 1.82) is 0 Å². The van der Waals surface area contributed by atoms with Gasteiger partial charge < -0.3 is 4.74 Å². The van der Waals surface area contributed by atoms with E-state index in [0.29, 0.717) is 0 Å². The van der Waals surface area contributed by atoms with Crippen LogP contribution in [0.15, 0.2) is 4.40 Å². The summed E-state index contributed by atoms with van der Waals surface area (Å²) in [5.41, 5.74) is 0. The van der Waals surface area contributed by atoms with E-state index in [9.17, 15) is 26.4 Å². The molecule has 1 saturated heterocycles. The van der Waals surface area contributed by atoms with Crippen molar-refractivity contribution in [1.82, 2.24) is 4.31 Å². The van der Waals surface area contributed by atoms with Gasteiger partial charge in [-0.15, -0.1) is 4.40 Å². The Balaban J connectivity index is 2.85. The number of cyclic esters (lactones) is 1. The quantitative estimate of drug-likeness (QED) is 0.657. The van der Waals surface area contributed by atoms with Crippen LogP contribution in [0.3, 0.4) is 0 Å². The number of amides is 1. The Morgan fingerprint density at radius 2 is 2.07 bits per heavy atom. The highest BCUT2D eigenvalue weighted by Gasteiger charge is 2.34. The van der Waals surface area contributed by atoms with Crippen LogP contribution in [-0.2, 0) is 14.9 Å². The number of alkyl halides is 3. The van der Waals surface area contributed by atoms with E-state index in [0.717, 1.165) is 0 Å². The van der Waals surface area contributed by atoms with Crippen molar-refractivity contribution in [3.8, 4) is 0 Å². The van der Waals surface area contributed by atoms with Crippen molar-refractivity contribution in [3.05, 3.63) is 0 Å². The number of hydrogen-bond donors (Lipinski definition) is 0. The first-order chi connectivity index (χ1) is 6.72. The summed E-state index contributed by atoms with van der Waals surface area (Å²) in [6.45, 7) is -0.532. The van der Waals surface area contributed by atoms with Gasteiger partial charge in [-0.25, -0.2) is 4.79 Å². The first-order valence-corrected chi connectivity index (χ1v) is 4.95. The second-order valence-corrected chi connectivity index (χ2v) is 3.99. The van der Waals surface area contributed by atoms with Gasteiger partial charge in [0.1, 0.15) is 12.8 Å². The van der Waals surface area contributed by atoms with E-state index >= 15 is 0 Å². The molecule has 0 spiro atoms. The number of hydrogen-bond acceptors (Lipinski definition) is 4. The third-order valence-corrected chi connectivity index (χ3v) is 2.59. The Bertz CT molecular complexity index is 388. The van der Waals surface area contributed by atoms with Gasteiger partial charge in [0.15, 0.2) is 0 Å². The molecule has 1 fully saturated rings. The smallest absolute Gasteiger partial charge is 0.427 e. The maximum Gasteiger partial charge on any atom is 0.427 e. The molecule has 1 aliphatic rings. The summed E-state index contributed by atoms with van der Waals surface area (Å²) in [6, 6.07) is 0. The highest BCUT2D eigenvalue weighted by Crippen LogP contribution is 2.15. The van der Waals surface area contributed by atoms with Crippen molar-refractivity contribution < 1.29 is 31.1 Å². The van der Waals surface area contributed by atoms with Crippen LogP contribution in [0.2, 0.25) is 0 Å². The second-order valence-electron chi connectivity index (χ2n) is 2.44. The van der Waals surface area contributed by atoms with E-state index in [1.54, 1.807) is 0 Å². The Labute approximate surface area is 82.5 Å². The maximum absolute atomic E-state index is 11.6. The molecule has 1 amide bonds. The highest BCUT2D eigenvalue weighted by molar-refractivity contribution is 7.88. The van der Waals surface area contributed by atoms with Gasteiger partial charge in [0.25, 0.3) is 0 Å². The molecule has 1 rings (SSSR count). The van der Waals surface area contributed by atoms with Gasteiger partial charge in [-0.1, -0.05) is 0 Å². The van der Waals surface area contributed by atoms with Gasteiger partial charge in [-0.3, -0.25) is 0 Å². The van der Waals surface area contributed by atoms with Crippen molar-refractivity contribution >= 4 is 22.5 Å². The topological polar surface area (TPSA) is 76.0 Å². The Morgan fingerprint density at radius 3 is 2.47 bits per heavy atom. The van der Waals surface area contributed by atoms with Crippen LogP contribution in [0.25, 0.3) is 0 Å². The summed E-state index contributed by atoms with van der Waals surface area (Å²) in [5.74, 6) is 0. The normalized spacial score (nSPS) is 18.6. The molecule has 1 aliphatic heterocycles. The van der Waals surface area contributed by atoms with E-state index in [1.807, 2.05) is 0 Å². The standard InChI is InChI=1S/C5H5F3N2O4S/c6-5(7,8)3-9-15(12,13)10-1-2-14-4(10)11/h3H,1-2H2. The molecule has 10 heteroatoms. The largest absolute Gasteiger partial charge is 0.447 e. The molecule has 86 valence electrons. The molecule has 0 atom stereocenters. The van der Waals surface area contributed by atoms with E-state index in [4.69, 9.17) is 0 Å². The van der Waals surface area contributed by atoms with Gasteiger partial charge in [-0.2, -0.15) is 25.9 Å². The lowest BCUT2D eigenvalue weighted by atomic mass is 10.7. The molecular weight excluding hydrogens is 241 g/mol. The lowest BCUT2D eigenvalue weighted by molar-refractivity contribution is -0.0534. The minimum absolute atomic E-state index is 0.120. The zero-order valence-electron chi connectivity index (χ0n) is 7.06. The van der Waals surface area contributed by atoms with Crippen molar-refractivity contribution in [2.24, 2.45) is 4.40 Å². The van der Waals surface area contributed by atoms with Crippen LogP contribution in [0, 0.1) is 0 Å². The molecule has 0 aromatic carbocycles. The van der Waals surface area contributed by atoms with Gasteiger partial charge in [0, 0.05) is 0 Å². The van der Waals surface area contributed by atoms with Crippen molar-refractivity contribution in [2.45, 2.75) is 6.18 Å². The minimum Gasteiger partial charge on any atom is -0.447 e. The zero-order chi connectivity index (χ0) is 11.7. The van der Waals surface area contributed by atoms with Crippen molar-refractivity contribution in [3.63, 3.8) is 0 Å². The van der Waals surface area contributed by atoms with Crippen molar-refractivity contribution in [2.75, 3.05) is 13.2 Å². The molecular formula is C5H5F3N2O4S. The number of rotatable bonds is 2. The molecule has 15 heavy (non-hydrogen) atoms. The van der Waals surface area contributed by atoms with Crippen LogP contribution in [0.1, 0.15) is 0 Å². The number of carbonyl (C=O) groups excluding carboxylic acids is 1. The number of halogens is 3. The van der Waals surface area contributed by atoms with Crippen LogP contribution in [-0.4, -0.2) is 44.4 Å².